The van der Waals surface area contributed by atoms with E-state index in [1.54, 1.807) is 25.1 Å². The summed E-state index contributed by atoms with van der Waals surface area (Å²) in [7, 11) is -3.37. The Kier molecular flexibility index (Phi) is 5.79. The zero-order valence-electron chi connectivity index (χ0n) is 15.0. The average Bonchev–Trinajstić information content (AvgIpc) is 2.81. The van der Waals surface area contributed by atoms with E-state index in [0.717, 1.165) is 5.56 Å². The fourth-order valence-corrected chi connectivity index (χ4v) is 5.04. The van der Waals surface area contributed by atoms with E-state index in [2.05, 4.69) is 0 Å². The molecular weight excluding hydrogens is 369 g/mol. The molecule has 0 aliphatic carbocycles. The summed E-state index contributed by atoms with van der Waals surface area (Å²) in [5, 5.41) is -0.626. The second-order valence-electron chi connectivity index (χ2n) is 6.57. The highest BCUT2D eigenvalue weighted by Gasteiger charge is 2.34. The summed E-state index contributed by atoms with van der Waals surface area (Å²) < 4.78 is 44.5. The van der Waals surface area contributed by atoms with Crippen LogP contribution in [0, 0.1) is 5.82 Å². The average molecular weight is 391 g/mol. The lowest BCUT2D eigenvalue weighted by Gasteiger charge is -2.24. The van der Waals surface area contributed by atoms with Crippen molar-refractivity contribution in [3.63, 3.8) is 0 Å². The molecule has 27 heavy (non-hydrogen) atoms. The molecule has 7 heteroatoms. The van der Waals surface area contributed by atoms with E-state index in [-0.39, 0.29) is 24.0 Å². The smallest absolute Gasteiger partial charge is 0.263 e. The van der Waals surface area contributed by atoms with Gasteiger partial charge in [-0.05, 0) is 31.0 Å². The van der Waals surface area contributed by atoms with Crippen LogP contribution in [0.2, 0.25) is 0 Å². The Morgan fingerprint density at radius 3 is 2.48 bits per heavy atom. The number of ether oxygens (including phenoxy) is 1. The van der Waals surface area contributed by atoms with Crippen LogP contribution in [0.4, 0.5) is 4.39 Å². The van der Waals surface area contributed by atoms with Gasteiger partial charge in [-0.25, -0.2) is 12.8 Å². The molecule has 3 rings (SSSR count). The second-order valence-corrected chi connectivity index (χ2v) is 8.87. The molecule has 1 fully saturated rings. The lowest BCUT2D eigenvalue weighted by Crippen LogP contribution is -2.42. The van der Waals surface area contributed by atoms with Gasteiger partial charge in [0.25, 0.3) is 5.91 Å². The minimum atomic E-state index is -3.37. The lowest BCUT2D eigenvalue weighted by molar-refractivity contribution is -0.137. The molecule has 1 amide bonds. The number of carbonyl (C=O) groups is 1. The number of carbonyl (C=O) groups excluding carboxylic acids is 1. The first-order chi connectivity index (χ1) is 12.9. The molecule has 0 unspecified atom stereocenters. The summed E-state index contributed by atoms with van der Waals surface area (Å²) >= 11 is 0. The summed E-state index contributed by atoms with van der Waals surface area (Å²) in [6.45, 7) is 1.96. The minimum Gasteiger partial charge on any atom is -0.478 e. The first kappa shape index (κ1) is 19.4. The number of rotatable bonds is 4. The Labute approximate surface area is 158 Å². The van der Waals surface area contributed by atoms with E-state index < -0.39 is 27.0 Å². The van der Waals surface area contributed by atoms with Crippen LogP contribution < -0.4 is 4.74 Å². The molecule has 5 nitrogen and oxygen atoms in total. The summed E-state index contributed by atoms with van der Waals surface area (Å²) in [6.07, 6.45) is -0.581. The van der Waals surface area contributed by atoms with Crippen molar-refractivity contribution < 1.29 is 22.3 Å². The van der Waals surface area contributed by atoms with Gasteiger partial charge in [0.05, 0.1) is 11.0 Å². The van der Waals surface area contributed by atoms with Gasteiger partial charge in [-0.2, -0.15) is 0 Å². The molecule has 0 bridgehead atoms. The van der Waals surface area contributed by atoms with Gasteiger partial charge in [0.2, 0.25) is 0 Å². The number of hydrogen-bond acceptors (Lipinski definition) is 4. The van der Waals surface area contributed by atoms with E-state index in [9.17, 15) is 17.6 Å². The van der Waals surface area contributed by atoms with Crippen LogP contribution >= 0.6 is 0 Å². The number of benzene rings is 2. The quantitative estimate of drug-likeness (QED) is 0.804. The largest absolute Gasteiger partial charge is 0.478 e. The Bertz CT molecular complexity index is 901. The van der Waals surface area contributed by atoms with Crippen molar-refractivity contribution in [1.82, 2.24) is 4.90 Å². The fourth-order valence-electron chi connectivity index (χ4n) is 3.24. The third-order valence-electron chi connectivity index (χ3n) is 4.71. The van der Waals surface area contributed by atoms with Crippen molar-refractivity contribution in [2.24, 2.45) is 0 Å². The standard InChI is InChI=1S/C20H22FNO4S/c1-15(26-18-10-6-5-9-17(18)21)20(23)22-12-11-19(27(24,25)14-13-22)16-7-3-2-4-8-16/h2-10,15,19H,11-14H2,1H3/t15-,19-/m0/s1. The normalized spacial score (nSPS) is 20.5. The molecule has 2 aromatic carbocycles. The highest BCUT2D eigenvalue weighted by Crippen LogP contribution is 2.29. The zero-order valence-corrected chi connectivity index (χ0v) is 15.9. The van der Waals surface area contributed by atoms with Gasteiger partial charge in [-0.15, -0.1) is 0 Å². The molecule has 0 aromatic heterocycles. The first-order valence-corrected chi connectivity index (χ1v) is 10.6. The summed E-state index contributed by atoms with van der Waals surface area (Å²) in [5.41, 5.74) is 0.738. The summed E-state index contributed by atoms with van der Waals surface area (Å²) in [6, 6.07) is 14.9. The third-order valence-corrected chi connectivity index (χ3v) is 6.84. The van der Waals surface area contributed by atoms with Gasteiger partial charge in [0, 0.05) is 13.1 Å². The Hall–Kier alpha value is -2.41. The van der Waals surface area contributed by atoms with Crippen LogP contribution in [0.15, 0.2) is 54.6 Å². The van der Waals surface area contributed by atoms with Crippen molar-refractivity contribution in [1.29, 1.82) is 0 Å². The maximum absolute atomic E-state index is 13.7. The molecule has 2 aromatic rings. The molecular formula is C20H22FNO4S. The van der Waals surface area contributed by atoms with Crippen LogP contribution in [-0.4, -0.2) is 44.2 Å². The highest BCUT2D eigenvalue weighted by atomic mass is 32.2. The number of hydrogen-bond donors (Lipinski definition) is 0. The molecule has 0 saturated carbocycles. The predicted octanol–water partition coefficient (Wildman–Crippen LogP) is 2.98. The lowest BCUT2D eigenvalue weighted by atomic mass is 10.1. The Morgan fingerprint density at radius 2 is 1.78 bits per heavy atom. The first-order valence-electron chi connectivity index (χ1n) is 8.85. The van der Waals surface area contributed by atoms with Crippen LogP contribution in [0.25, 0.3) is 0 Å². The molecule has 1 saturated heterocycles. The van der Waals surface area contributed by atoms with E-state index >= 15 is 0 Å². The highest BCUT2D eigenvalue weighted by molar-refractivity contribution is 7.91. The number of halogens is 1. The van der Waals surface area contributed by atoms with Crippen molar-refractivity contribution in [3.8, 4) is 5.75 Å². The van der Waals surface area contributed by atoms with Crippen molar-refractivity contribution in [3.05, 3.63) is 66.0 Å². The van der Waals surface area contributed by atoms with E-state index in [4.69, 9.17) is 4.74 Å². The topological polar surface area (TPSA) is 63.7 Å². The molecule has 0 N–H and O–H groups in total. The van der Waals surface area contributed by atoms with Gasteiger partial charge in [-0.1, -0.05) is 42.5 Å². The SMILES string of the molecule is C[C@H](Oc1ccccc1F)C(=O)N1CC[C@@H](c2ccccc2)S(=O)(=O)CC1. The molecule has 0 radical (unpaired) electrons. The molecule has 1 heterocycles. The monoisotopic (exact) mass is 391 g/mol. The number of sulfone groups is 1. The van der Waals surface area contributed by atoms with Crippen LogP contribution in [-0.2, 0) is 14.6 Å². The molecule has 144 valence electrons. The van der Waals surface area contributed by atoms with E-state index in [1.165, 1.54) is 23.1 Å². The molecule has 1 aliphatic heterocycles. The van der Waals surface area contributed by atoms with Crippen molar-refractivity contribution in [2.45, 2.75) is 24.7 Å². The van der Waals surface area contributed by atoms with Crippen LogP contribution in [0.3, 0.4) is 0 Å². The van der Waals surface area contributed by atoms with Gasteiger partial charge in [-0.3, -0.25) is 4.79 Å². The molecule has 0 spiro atoms. The van der Waals surface area contributed by atoms with Crippen molar-refractivity contribution in [2.75, 3.05) is 18.8 Å². The second kappa shape index (κ2) is 8.08. The molecule has 2 atom stereocenters. The van der Waals surface area contributed by atoms with Crippen LogP contribution in [0.1, 0.15) is 24.2 Å². The zero-order chi connectivity index (χ0) is 19.4. The number of amides is 1. The fraction of sp³-hybridized carbons (Fsp3) is 0.350. The van der Waals surface area contributed by atoms with Gasteiger partial charge in [0.1, 0.15) is 0 Å². The minimum absolute atomic E-state index is 0.00274. The van der Waals surface area contributed by atoms with Gasteiger partial charge < -0.3 is 9.64 Å². The molecule has 1 aliphatic rings. The maximum atomic E-state index is 13.7. The van der Waals surface area contributed by atoms with E-state index in [0.29, 0.717) is 13.0 Å². The number of para-hydroxylation sites is 1. The van der Waals surface area contributed by atoms with Crippen LogP contribution in [0.5, 0.6) is 5.75 Å². The predicted molar refractivity (Wildman–Crippen MR) is 101 cm³/mol. The van der Waals surface area contributed by atoms with E-state index in [1.807, 2.05) is 18.2 Å². The summed E-state index contributed by atoms with van der Waals surface area (Å²) in [5.74, 6) is -0.991. The summed E-state index contributed by atoms with van der Waals surface area (Å²) in [4.78, 5) is 14.2. The number of nitrogens with zero attached hydrogens (tertiary/aromatic N) is 1. The maximum Gasteiger partial charge on any atom is 0.263 e. The van der Waals surface area contributed by atoms with Crippen molar-refractivity contribution >= 4 is 15.7 Å². The Morgan fingerprint density at radius 1 is 1.11 bits per heavy atom. The Balaban J connectivity index is 1.71. The van der Waals surface area contributed by atoms with Gasteiger partial charge >= 0.3 is 0 Å². The third kappa shape index (κ3) is 4.47. The van der Waals surface area contributed by atoms with Gasteiger partial charge in [0.15, 0.2) is 27.5 Å².